The number of ether oxygens (including phenoxy) is 1. The summed E-state index contributed by atoms with van der Waals surface area (Å²) in [4.78, 5) is 14.0. The zero-order valence-electron chi connectivity index (χ0n) is 10.8. The Balaban J connectivity index is 2.33. The molecule has 2 rings (SSSR count). The average Bonchev–Trinajstić information content (AvgIpc) is 2.53. The van der Waals surface area contributed by atoms with Gasteiger partial charge in [0, 0.05) is 35.4 Å². The standard InChI is InChI=1S/C14H18BrNO2/c1-10-9-16(6-3-7-18-10)14-5-4-12(15)8-13(14)11(2)17/h4-5,8,10H,3,6-7,9H2,1-2H3. The lowest BCUT2D eigenvalue weighted by atomic mass is 10.1. The minimum atomic E-state index is 0.101. The van der Waals surface area contributed by atoms with E-state index in [1.807, 2.05) is 18.2 Å². The van der Waals surface area contributed by atoms with Gasteiger partial charge in [-0.05, 0) is 38.5 Å². The van der Waals surface area contributed by atoms with Crippen molar-refractivity contribution in [3.05, 3.63) is 28.2 Å². The molecule has 0 radical (unpaired) electrons. The van der Waals surface area contributed by atoms with Crippen molar-refractivity contribution in [2.24, 2.45) is 0 Å². The van der Waals surface area contributed by atoms with Crippen molar-refractivity contribution in [1.29, 1.82) is 0 Å². The molecule has 1 aromatic carbocycles. The summed E-state index contributed by atoms with van der Waals surface area (Å²) in [6.45, 7) is 6.26. The summed E-state index contributed by atoms with van der Waals surface area (Å²) in [7, 11) is 0. The third-order valence-corrected chi connectivity index (χ3v) is 3.62. The molecule has 3 nitrogen and oxygen atoms in total. The van der Waals surface area contributed by atoms with Crippen LogP contribution in [-0.4, -0.2) is 31.6 Å². The van der Waals surface area contributed by atoms with Gasteiger partial charge < -0.3 is 9.64 Å². The zero-order valence-corrected chi connectivity index (χ0v) is 12.4. The molecule has 1 saturated heterocycles. The minimum absolute atomic E-state index is 0.101. The first-order valence-electron chi connectivity index (χ1n) is 6.25. The Kier molecular flexibility index (Phi) is 4.40. The summed E-state index contributed by atoms with van der Waals surface area (Å²) in [6.07, 6.45) is 1.20. The van der Waals surface area contributed by atoms with E-state index in [-0.39, 0.29) is 11.9 Å². The van der Waals surface area contributed by atoms with E-state index in [1.165, 1.54) is 0 Å². The van der Waals surface area contributed by atoms with E-state index in [2.05, 4.69) is 27.8 Å². The smallest absolute Gasteiger partial charge is 0.161 e. The van der Waals surface area contributed by atoms with Gasteiger partial charge in [-0.1, -0.05) is 15.9 Å². The molecule has 0 aromatic heterocycles. The lowest BCUT2D eigenvalue weighted by molar-refractivity contribution is 0.0820. The highest BCUT2D eigenvalue weighted by molar-refractivity contribution is 9.10. The molecule has 0 amide bonds. The Hall–Kier alpha value is -0.870. The number of carbonyl (C=O) groups excluding carboxylic acids is 1. The molecular formula is C14H18BrNO2. The van der Waals surface area contributed by atoms with Crippen LogP contribution >= 0.6 is 15.9 Å². The van der Waals surface area contributed by atoms with Gasteiger partial charge in [0.2, 0.25) is 0 Å². The fourth-order valence-electron chi connectivity index (χ4n) is 2.28. The summed E-state index contributed by atoms with van der Waals surface area (Å²) in [5.74, 6) is 0.101. The molecule has 4 heteroatoms. The Morgan fingerprint density at radius 1 is 1.50 bits per heavy atom. The summed E-state index contributed by atoms with van der Waals surface area (Å²) >= 11 is 3.42. The van der Waals surface area contributed by atoms with Gasteiger partial charge in [0.15, 0.2) is 5.78 Å². The molecule has 0 bridgehead atoms. The largest absolute Gasteiger partial charge is 0.377 e. The molecule has 0 saturated carbocycles. The van der Waals surface area contributed by atoms with Crippen LogP contribution in [0.15, 0.2) is 22.7 Å². The van der Waals surface area contributed by atoms with Crippen LogP contribution in [-0.2, 0) is 4.74 Å². The number of hydrogen-bond acceptors (Lipinski definition) is 3. The highest BCUT2D eigenvalue weighted by Crippen LogP contribution is 2.26. The highest BCUT2D eigenvalue weighted by Gasteiger charge is 2.19. The number of hydrogen-bond donors (Lipinski definition) is 0. The fourth-order valence-corrected chi connectivity index (χ4v) is 2.64. The van der Waals surface area contributed by atoms with Gasteiger partial charge in [0.25, 0.3) is 0 Å². The van der Waals surface area contributed by atoms with Crippen LogP contribution in [0.2, 0.25) is 0 Å². The van der Waals surface area contributed by atoms with Crippen molar-refractivity contribution in [3.8, 4) is 0 Å². The van der Waals surface area contributed by atoms with E-state index in [1.54, 1.807) is 6.92 Å². The molecular weight excluding hydrogens is 294 g/mol. The Morgan fingerprint density at radius 2 is 2.28 bits per heavy atom. The van der Waals surface area contributed by atoms with Gasteiger partial charge in [-0.15, -0.1) is 0 Å². The molecule has 0 spiro atoms. The van der Waals surface area contributed by atoms with Crippen LogP contribution < -0.4 is 4.90 Å². The van der Waals surface area contributed by atoms with Crippen LogP contribution in [0.4, 0.5) is 5.69 Å². The van der Waals surface area contributed by atoms with Crippen molar-refractivity contribution in [2.75, 3.05) is 24.6 Å². The van der Waals surface area contributed by atoms with Crippen LogP contribution in [0.25, 0.3) is 0 Å². The van der Waals surface area contributed by atoms with Gasteiger partial charge in [-0.25, -0.2) is 0 Å². The minimum Gasteiger partial charge on any atom is -0.377 e. The summed E-state index contributed by atoms with van der Waals surface area (Å²) < 4.78 is 6.58. The predicted molar refractivity (Wildman–Crippen MR) is 76.4 cm³/mol. The van der Waals surface area contributed by atoms with Crippen LogP contribution in [0.3, 0.4) is 0 Å². The van der Waals surface area contributed by atoms with Crippen molar-refractivity contribution in [1.82, 2.24) is 0 Å². The maximum absolute atomic E-state index is 11.7. The normalized spacial score (nSPS) is 20.6. The molecule has 18 heavy (non-hydrogen) atoms. The second kappa shape index (κ2) is 5.85. The lowest BCUT2D eigenvalue weighted by Crippen LogP contribution is -2.31. The van der Waals surface area contributed by atoms with Crippen LogP contribution in [0.5, 0.6) is 0 Å². The molecule has 0 N–H and O–H groups in total. The Morgan fingerprint density at radius 3 is 3.00 bits per heavy atom. The first kappa shape index (κ1) is 13.6. The van der Waals surface area contributed by atoms with E-state index in [0.717, 1.165) is 41.8 Å². The van der Waals surface area contributed by atoms with E-state index >= 15 is 0 Å². The molecule has 0 aliphatic carbocycles. The zero-order chi connectivity index (χ0) is 13.1. The van der Waals surface area contributed by atoms with E-state index in [4.69, 9.17) is 4.74 Å². The van der Waals surface area contributed by atoms with Crippen LogP contribution in [0.1, 0.15) is 30.6 Å². The van der Waals surface area contributed by atoms with Crippen molar-refractivity contribution in [3.63, 3.8) is 0 Å². The maximum atomic E-state index is 11.7. The molecule has 98 valence electrons. The molecule has 1 unspecified atom stereocenters. The van der Waals surface area contributed by atoms with Gasteiger partial charge in [0.05, 0.1) is 6.10 Å². The number of ketones is 1. The van der Waals surface area contributed by atoms with Gasteiger partial charge in [-0.3, -0.25) is 4.79 Å². The monoisotopic (exact) mass is 311 g/mol. The first-order chi connectivity index (χ1) is 8.58. The molecule has 1 aliphatic heterocycles. The summed E-state index contributed by atoms with van der Waals surface area (Å²) in [5, 5.41) is 0. The average molecular weight is 312 g/mol. The molecule has 1 aromatic rings. The quantitative estimate of drug-likeness (QED) is 0.785. The molecule has 1 aliphatic rings. The SMILES string of the molecule is CC(=O)c1cc(Br)ccc1N1CCCOC(C)C1. The van der Waals surface area contributed by atoms with Gasteiger partial charge in [-0.2, -0.15) is 0 Å². The van der Waals surface area contributed by atoms with E-state index in [9.17, 15) is 4.79 Å². The summed E-state index contributed by atoms with van der Waals surface area (Å²) in [5.41, 5.74) is 1.79. The van der Waals surface area contributed by atoms with Gasteiger partial charge >= 0.3 is 0 Å². The van der Waals surface area contributed by atoms with Crippen LogP contribution in [0, 0.1) is 0 Å². The Labute approximate surface area is 116 Å². The second-order valence-corrected chi connectivity index (χ2v) is 5.61. The number of nitrogens with zero attached hydrogens (tertiary/aromatic N) is 1. The van der Waals surface area contributed by atoms with Gasteiger partial charge in [0.1, 0.15) is 0 Å². The number of benzene rings is 1. The molecule has 1 atom stereocenters. The third kappa shape index (κ3) is 3.12. The maximum Gasteiger partial charge on any atom is 0.161 e. The predicted octanol–water partition coefficient (Wildman–Crippen LogP) is 3.27. The van der Waals surface area contributed by atoms with Crippen molar-refractivity contribution in [2.45, 2.75) is 26.4 Å². The Bertz CT molecular complexity index is 447. The number of anilines is 1. The van der Waals surface area contributed by atoms with Crippen molar-refractivity contribution < 1.29 is 9.53 Å². The lowest BCUT2D eigenvalue weighted by Gasteiger charge is -2.26. The molecule has 1 fully saturated rings. The number of carbonyl (C=O) groups is 1. The van der Waals surface area contributed by atoms with E-state index < -0.39 is 0 Å². The number of rotatable bonds is 2. The number of halogens is 1. The first-order valence-corrected chi connectivity index (χ1v) is 7.04. The van der Waals surface area contributed by atoms with Crippen molar-refractivity contribution >= 4 is 27.4 Å². The fraction of sp³-hybridized carbons (Fsp3) is 0.500. The molecule has 1 heterocycles. The topological polar surface area (TPSA) is 29.5 Å². The van der Waals surface area contributed by atoms with E-state index in [0.29, 0.717) is 0 Å². The highest BCUT2D eigenvalue weighted by atomic mass is 79.9. The third-order valence-electron chi connectivity index (χ3n) is 3.13. The second-order valence-electron chi connectivity index (χ2n) is 4.70. The number of Topliss-reactive ketones (excluding diaryl/α,β-unsaturated/α-hetero) is 1. The summed E-state index contributed by atoms with van der Waals surface area (Å²) in [6, 6.07) is 5.89.